The largest absolute Gasteiger partial charge is 0.443 e. The number of hydrogen-bond acceptors (Lipinski definition) is 15. The normalized spacial score (nSPS) is 18.6. The third kappa shape index (κ3) is 13.8. The number of likely N-dealkylation sites (tertiary alicyclic amines) is 2. The monoisotopic (exact) mass is 962 g/mol. The number of nitrogens with zero attached hydrogens (tertiary/aromatic N) is 4. The Morgan fingerprint density at radius 3 is 1.17 bits per heavy atom. The summed E-state index contributed by atoms with van der Waals surface area (Å²) in [7, 11) is 0. The molecule has 6 rings (SSSR count). The van der Waals surface area contributed by atoms with E-state index in [4.69, 9.17) is 33.2 Å². The highest BCUT2D eigenvalue weighted by Gasteiger charge is 2.48. The van der Waals surface area contributed by atoms with Gasteiger partial charge < -0.3 is 43.0 Å². The van der Waals surface area contributed by atoms with E-state index in [0.29, 0.717) is 113 Å². The molecule has 2 atom stereocenters. The van der Waals surface area contributed by atoms with E-state index in [1.54, 1.807) is 53.7 Å². The molecule has 2 unspecified atom stereocenters. The van der Waals surface area contributed by atoms with E-state index in [-0.39, 0.29) is 50.6 Å². The van der Waals surface area contributed by atoms with Crippen molar-refractivity contribution in [2.45, 2.75) is 129 Å². The third-order valence-corrected chi connectivity index (χ3v) is 11.8. The highest BCUT2D eigenvalue weighted by Crippen LogP contribution is 2.34. The molecule has 376 valence electrons. The maximum atomic E-state index is 13.4. The zero-order valence-electron chi connectivity index (χ0n) is 40.7. The number of piperidine rings is 2. The summed E-state index contributed by atoms with van der Waals surface area (Å²) in [5.74, 6) is -3.37. The molecule has 4 aliphatic rings. The molecule has 0 aliphatic carbocycles. The van der Waals surface area contributed by atoms with Crippen molar-refractivity contribution < 1.29 is 71.5 Å². The third-order valence-electron chi connectivity index (χ3n) is 11.8. The van der Waals surface area contributed by atoms with E-state index in [0.717, 1.165) is 22.3 Å². The van der Waals surface area contributed by atoms with Gasteiger partial charge in [0, 0.05) is 50.3 Å². The molecule has 0 saturated carbocycles. The average molecular weight is 963 g/mol. The van der Waals surface area contributed by atoms with Crippen molar-refractivity contribution in [2.75, 3.05) is 66.1 Å². The maximum absolute atomic E-state index is 13.4. The van der Waals surface area contributed by atoms with Crippen molar-refractivity contribution >= 4 is 47.6 Å². The molecular weight excluding hydrogens is 897 g/mol. The Kier molecular flexibility index (Phi) is 18.2. The van der Waals surface area contributed by atoms with Crippen LogP contribution in [0.25, 0.3) is 0 Å². The van der Waals surface area contributed by atoms with E-state index >= 15 is 0 Å². The summed E-state index contributed by atoms with van der Waals surface area (Å²) < 4.78 is 38.9. The fourth-order valence-electron chi connectivity index (χ4n) is 8.63. The van der Waals surface area contributed by atoms with Crippen molar-refractivity contribution in [1.82, 2.24) is 19.6 Å². The quantitative estimate of drug-likeness (QED) is 0.110. The van der Waals surface area contributed by atoms with Crippen molar-refractivity contribution in [1.29, 1.82) is 0 Å². The maximum Gasteiger partial charge on any atom is 0.424 e. The number of imide groups is 6. The fraction of sp³-hybridized carbons (Fsp3) is 0.600. The van der Waals surface area contributed by atoms with Gasteiger partial charge in [-0.25, -0.2) is 9.59 Å². The van der Waals surface area contributed by atoms with E-state index in [2.05, 4.69) is 0 Å². The summed E-state index contributed by atoms with van der Waals surface area (Å²) in [6.07, 6.45) is 0.846. The Labute approximate surface area is 402 Å². The van der Waals surface area contributed by atoms with Crippen molar-refractivity contribution in [3.8, 4) is 0 Å². The molecular formula is C50H66N4O15. The van der Waals surface area contributed by atoms with Gasteiger partial charge in [-0.2, -0.15) is 9.80 Å². The fourth-order valence-corrected chi connectivity index (χ4v) is 8.63. The Morgan fingerprint density at radius 2 is 0.841 bits per heavy atom. The van der Waals surface area contributed by atoms with Crippen LogP contribution in [0.15, 0.2) is 36.4 Å². The molecule has 19 nitrogen and oxygen atoms in total. The minimum atomic E-state index is -1.03. The van der Waals surface area contributed by atoms with Gasteiger partial charge in [-0.15, -0.1) is 0 Å². The van der Waals surface area contributed by atoms with Crippen LogP contribution >= 0.6 is 0 Å². The van der Waals surface area contributed by atoms with Gasteiger partial charge >= 0.3 is 12.2 Å². The lowest BCUT2D eigenvalue weighted by atomic mass is 10.00. The van der Waals surface area contributed by atoms with Gasteiger partial charge in [0.15, 0.2) is 0 Å². The summed E-state index contributed by atoms with van der Waals surface area (Å²) in [4.78, 5) is 108. The molecule has 8 amide bonds. The van der Waals surface area contributed by atoms with Crippen LogP contribution in [0.5, 0.6) is 0 Å². The molecule has 0 bridgehead atoms. The number of benzene rings is 2. The summed E-state index contributed by atoms with van der Waals surface area (Å²) in [5, 5.41) is 0. The number of ether oxygens (including phenoxy) is 7. The molecule has 2 saturated heterocycles. The topological polar surface area (TPSA) is 214 Å². The second-order valence-corrected chi connectivity index (χ2v) is 19.2. The van der Waals surface area contributed by atoms with Crippen LogP contribution in [-0.2, 0) is 78.3 Å². The number of amides is 8. The first-order chi connectivity index (χ1) is 32.9. The molecule has 19 heteroatoms. The minimum absolute atomic E-state index is 0.0521. The first-order valence-corrected chi connectivity index (χ1v) is 23.8. The number of rotatable bonds is 22. The Balaban J connectivity index is 0.770. The van der Waals surface area contributed by atoms with Gasteiger partial charge in [0.2, 0.25) is 11.8 Å². The number of fused-ring (bicyclic) bond motifs is 2. The Morgan fingerprint density at radius 1 is 0.507 bits per heavy atom. The molecule has 4 aliphatic heterocycles. The lowest BCUT2D eigenvalue weighted by Gasteiger charge is -2.35. The van der Waals surface area contributed by atoms with Crippen molar-refractivity contribution in [2.24, 2.45) is 0 Å². The van der Waals surface area contributed by atoms with Crippen molar-refractivity contribution in [3.05, 3.63) is 69.8 Å². The smallest absolute Gasteiger partial charge is 0.424 e. The lowest BCUT2D eigenvalue weighted by molar-refractivity contribution is -0.152. The lowest BCUT2D eigenvalue weighted by Crippen LogP contribution is -2.57. The van der Waals surface area contributed by atoms with Gasteiger partial charge in [-0.05, 0) is 114 Å². The number of carbonyl (C=O) groups is 8. The molecule has 0 N–H and O–H groups in total. The van der Waals surface area contributed by atoms with Gasteiger partial charge in [0.25, 0.3) is 23.6 Å². The van der Waals surface area contributed by atoms with Gasteiger partial charge in [0.1, 0.15) is 23.3 Å². The summed E-state index contributed by atoms with van der Waals surface area (Å²) in [5.41, 5.74) is 2.86. The molecule has 2 fully saturated rings. The highest BCUT2D eigenvalue weighted by molar-refractivity contribution is 6.14. The zero-order chi connectivity index (χ0) is 49.9. The summed E-state index contributed by atoms with van der Waals surface area (Å²) in [6.45, 7) is 14.5. The van der Waals surface area contributed by atoms with Crippen LogP contribution < -0.4 is 0 Å². The second-order valence-electron chi connectivity index (χ2n) is 19.2. The van der Waals surface area contributed by atoms with Gasteiger partial charge in [-0.3, -0.25) is 28.8 Å². The van der Waals surface area contributed by atoms with E-state index < -0.39 is 59.1 Å². The van der Waals surface area contributed by atoms with Crippen LogP contribution in [-0.4, -0.2) is 157 Å². The predicted octanol–water partition coefficient (Wildman–Crippen LogP) is 5.15. The molecule has 2 aromatic carbocycles. The van der Waals surface area contributed by atoms with Crippen LogP contribution in [0.3, 0.4) is 0 Å². The second kappa shape index (κ2) is 23.8. The summed E-state index contributed by atoms with van der Waals surface area (Å²) >= 11 is 0. The molecule has 0 spiro atoms. The van der Waals surface area contributed by atoms with Gasteiger partial charge in [-0.1, -0.05) is 24.3 Å². The average Bonchev–Trinajstić information content (AvgIpc) is 3.79. The van der Waals surface area contributed by atoms with E-state index in [1.807, 2.05) is 24.3 Å². The molecule has 0 aromatic heterocycles. The number of aryl methyl sites for hydroxylation is 2. The standard InChI is InChI=1S/C50H66N4O15/c1-49(2,3)68-47(61)53-41(55)19-17-39(45(53)59)51-31-37-33(11-7-15-35(37)43(51)57)13-9-21-63-23-25-65-27-29-67-30-28-66-26-24-64-22-10-14-34-12-8-16-36-38(34)32-52(44(36)58)40-18-20-42(56)54(46(40)60)48(62)69-50(4,5)6/h7-8,11-12,15-16,39-40H,9-10,13-14,17-32H2,1-6H3. The zero-order valence-corrected chi connectivity index (χ0v) is 40.7. The van der Waals surface area contributed by atoms with Crippen LogP contribution in [0.4, 0.5) is 9.59 Å². The summed E-state index contributed by atoms with van der Waals surface area (Å²) in [6, 6.07) is 9.13. The molecule has 69 heavy (non-hydrogen) atoms. The molecule has 2 aromatic rings. The highest BCUT2D eigenvalue weighted by atomic mass is 16.6. The first-order valence-electron chi connectivity index (χ1n) is 23.8. The van der Waals surface area contributed by atoms with Crippen LogP contribution in [0.1, 0.15) is 123 Å². The molecule has 0 radical (unpaired) electrons. The van der Waals surface area contributed by atoms with E-state index in [1.165, 1.54) is 9.80 Å². The van der Waals surface area contributed by atoms with Crippen LogP contribution in [0, 0.1) is 0 Å². The molecule has 4 heterocycles. The van der Waals surface area contributed by atoms with E-state index in [9.17, 15) is 38.4 Å². The van der Waals surface area contributed by atoms with Crippen molar-refractivity contribution in [3.63, 3.8) is 0 Å². The number of hydrogen-bond donors (Lipinski definition) is 0. The van der Waals surface area contributed by atoms with Crippen LogP contribution in [0.2, 0.25) is 0 Å². The Bertz CT molecular complexity index is 2080. The first kappa shape index (κ1) is 52.8. The number of carbonyl (C=O) groups excluding carboxylic acids is 8. The Hall–Kier alpha value is -5.60. The predicted molar refractivity (Wildman–Crippen MR) is 246 cm³/mol. The minimum Gasteiger partial charge on any atom is -0.443 e. The SMILES string of the molecule is CC(C)(C)OC(=O)N1C(=O)CCC(N2Cc3c(CCCOCCOCCOCCOCCOCCCc4cccc5c4CN(C4CCC(=O)N(C(=O)OC(C)(C)C)C4=O)C5=O)cccc3C2=O)C1=O. The van der Waals surface area contributed by atoms with Gasteiger partial charge in [0.05, 0.1) is 52.9 Å².